The van der Waals surface area contributed by atoms with Crippen LogP contribution in [0.1, 0.15) is 46.9 Å². The van der Waals surface area contributed by atoms with E-state index in [9.17, 15) is 9.59 Å². The van der Waals surface area contributed by atoms with Crippen molar-refractivity contribution < 1.29 is 22.8 Å². The van der Waals surface area contributed by atoms with Crippen molar-refractivity contribution in [2.75, 3.05) is 10.2 Å². The van der Waals surface area contributed by atoms with Crippen LogP contribution in [0.4, 0.5) is 11.4 Å². The lowest BCUT2D eigenvalue weighted by atomic mass is 9.81. The van der Waals surface area contributed by atoms with Crippen LogP contribution >= 0.6 is 0 Å². The fourth-order valence-corrected chi connectivity index (χ4v) is 4.77. The van der Waals surface area contributed by atoms with Gasteiger partial charge in [0.2, 0.25) is 0 Å². The molecule has 0 fully saturated rings. The number of ketones is 1. The Morgan fingerprint density at radius 2 is 1.58 bits per heavy atom. The molecule has 2 aliphatic rings. The molecule has 6 rings (SSSR count). The quantitative estimate of drug-likeness (QED) is 0.441. The highest BCUT2D eigenvalue weighted by molar-refractivity contribution is 6.10. The van der Waals surface area contributed by atoms with Crippen molar-refractivity contribution in [1.29, 1.82) is 0 Å². The summed E-state index contributed by atoms with van der Waals surface area (Å²) < 4.78 is 16.8. The van der Waals surface area contributed by atoms with E-state index in [-0.39, 0.29) is 29.8 Å². The number of allylic oxidation sites excluding steroid dienone is 1. The molecule has 2 atom stereocenters. The smallest absolute Gasteiger partial charge is 0.294 e. The molecule has 0 saturated carbocycles. The number of nitrogens with zero attached hydrogens (tertiary/aromatic N) is 1. The van der Waals surface area contributed by atoms with E-state index in [0.29, 0.717) is 23.4 Å². The van der Waals surface area contributed by atoms with Crippen LogP contribution in [0.2, 0.25) is 0 Å². The van der Waals surface area contributed by atoms with Gasteiger partial charge in [0.25, 0.3) is 5.91 Å². The number of nitrogens with one attached hydrogen (secondary N) is 1. The molecule has 3 aromatic heterocycles. The highest BCUT2D eigenvalue weighted by atomic mass is 16.3. The Labute approximate surface area is 189 Å². The summed E-state index contributed by atoms with van der Waals surface area (Å²) in [5.41, 5.74) is 2.64. The molecule has 0 unspecified atom stereocenters. The summed E-state index contributed by atoms with van der Waals surface area (Å²) in [5.74, 6) is 0.956. The number of carbonyl (C=O) groups excluding carboxylic acids is 2. The number of hydrogen-bond donors (Lipinski definition) is 1. The molecular formula is C26H20N2O5. The van der Waals surface area contributed by atoms with Crippen molar-refractivity contribution in [3.05, 3.63) is 108 Å². The molecule has 1 aromatic carbocycles. The van der Waals surface area contributed by atoms with E-state index in [1.807, 2.05) is 36.4 Å². The maximum Gasteiger partial charge on any atom is 0.294 e. The van der Waals surface area contributed by atoms with E-state index in [1.165, 1.54) is 6.26 Å². The first-order valence-corrected chi connectivity index (χ1v) is 10.8. The second-order valence-corrected chi connectivity index (χ2v) is 8.15. The molecule has 1 aliphatic carbocycles. The third-order valence-corrected chi connectivity index (χ3v) is 6.20. The van der Waals surface area contributed by atoms with E-state index < -0.39 is 6.04 Å². The van der Waals surface area contributed by atoms with Gasteiger partial charge in [-0.05, 0) is 55.0 Å². The first kappa shape index (κ1) is 19.4. The van der Waals surface area contributed by atoms with E-state index in [1.54, 1.807) is 41.7 Å². The van der Waals surface area contributed by atoms with Crippen LogP contribution in [-0.2, 0) is 4.79 Å². The van der Waals surface area contributed by atoms with E-state index in [4.69, 9.17) is 13.3 Å². The second-order valence-electron chi connectivity index (χ2n) is 8.15. The fourth-order valence-electron chi connectivity index (χ4n) is 4.77. The third kappa shape index (κ3) is 3.20. The van der Waals surface area contributed by atoms with Gasteiger partial charge in [0.15, 0.2) is 11.5 Å². The normalized spacial score (nSPS) is 20.1. The van der Waals surface area contributed by atoms with E-state index in [0.717, 1.165) is 17.1 Å². The Morgan fingerprint density at radius 1 is 0.848 bits per heavy atom. The molecule has 33 heavy (non-hydrogen) atoms. The van der Waals surface area contributed by atoms with Crippen molar-refractivity contribution in [2.45, 2.75) is 24.8 Å². The van der Waals surface area contributed by atoms with Gasteiger partial charge in [0.05, 0.1) is 30.2 Å². The lowest BCUT2D eigenvalue weighted by Gasteiger charge is -2.32. The predicted molar refractivity (Wildman–Crippen MR) is 120 cm³/mol. The fraction of sp³-hybridized carbons (Fsp3) is 0.154. The van der Waals surface area contributed by atoms with Gasteiger partial charge in [-0.3, -0.25) is 14.5 Å². The average molecular weight is 440 g/mol. The number of hydrogen-bond acceptors (Lipinski definition) is 6. The molecule has 0 radical (unpaired) electrons. The highest BCUT2D eigenvalue weighted by Gasteiger charge is 2.43. The Hall–Kier alpha value is -4.26. The Morgan fingerprint density at radius 3 is 2.30 bits per heavy atom. The summed E-state index contributed by atoms with van der Waals surface area (Å²) >= 11 is 0. The molecule has 1 N–H and O–H groups in total. The minimum Gasteiger partial charge on any atom is -0.469 e. The summed E-state index contributed by atoms with van der Waals surface area (Å²) in [6.07, 6.45) is 5.48. The van der Waals surface area contributed by atoms with Gasteiger partial charge in [-0.2, -0.15) is 0 Å². The van der Waals surface area contributed by atoms with Gasteiger partial charge in [-0.1, -0.05) is 12.1 Å². The summed E-state index contributed by atoms with van der Waals surface area (Å²) in [4.78, 5) is 29.0. The zero-order chi connectivity index (χ0) is 22.4. The maximum absolute atomic E-state index is 13.7. The van der Waals surface area contributed by atoms with Crippen LogP contribution in [0.3, 0.4) is 0 Å². The number of furan rings is 3. The van der Waals surface area contributed by atoms with Crippen molar-refractivity contribution in [1.82, 2.24) is 0 Å². The molecule has 4 heterocycles. The lowest BCUT2D eigenvalue weighted by Crippen LogP contribution is -2.38. The number of Topliss-reactive ketones (excluding diaryl/α,β-unsaturated/α-hetero) is 1. The van der Waals surface area contributed by atoms with Gasteiger partial charge in [-0.15, -0.1) is 0 Å². The van der Waals surface area contributed by atoms with E-state index >= 15 is 0 Å². The molecule has 1 aliphatic heterocycles. The molecule has 7 heteroatoms. The maximum atomic E-state index is 13.7. The molecule has 164 valence electrons. The Kier molecular flexibility index (Phi) is 4.54. The first-order chi connectivity index (χ1) is 16.2. The Balaban J connectivity index is 1.56. The van der Waals surface area contributed by atoms with Gasteiger partial charge in [-0.25, -0.2) is 0 Å². The number of carbonyl (C=O) groups is 2. The molecule has 0 saturated heterocycles. The van der Waals surface area contributed by atoms with Crippen LogP contribution in [0.5, 0.6) is 0 Å². The number of rotatable bonds is 3. The minimum absolute atomic E-state index is 0.0587. The highest BCUT2D eigenvalue weighted by Crippen LogP contribution is 2.47. The van der Waals surface area contributed by atoms with Crippen molar-refractivity contribution in [3.8, 4) is 0 Å². The second kappa shape index (κ2) is 7.70. The van der Waals surface area contributed by atoms with Crippen LogP contribution in [0, 0.1) is 0 Å². The number of anilines is 2. The van der Waals surface area contributed by atoms with Crippen LogP contribution in [0.25, 0.3) is 0 Å². The monoisotopic (exact) mass is 440 g/mol. The number of para-hydroxylation sites is 2. The zero-order valence-electron chi connectivity index (χ0n) is 17.6. The average Bonchev–Trinajstić information content (AvgIpc) is 3.61. The molecule has 7 nitrogen and oxygen atoms in total. The van der Waals surface area contributed by atoms with Gasteiger partial charge in [0, 0.05) is 23.6 Å². The van der Waals surface area contributed by atoms with Gasteiger partial charge >= 0.3 is 0 Å². The zero-order valence-corrected chi connectivity index (χ0v) is 17.6. The van der Waals surface area contributed by atoms with Gasteiger partial charge in [0.1, 0.15) is 17.6 Å². The van der Waals surface area contributed by atoms with Crippen molar-refractivity contribution >= 4 is 23.1 Å². The third-order valence-electron chi connectivity index (χ3n) is 6.20. The van der Waals surface area contributed by atoms with Crippen LogP contribution in [-0.4, -0.2) is 11.7 Å². The molecule has 0 spiro atoms. The predicted octanol–water partition coefficient (Wildman–Crippen LogP) is 5.68. The minimum atomic E-state index is -0.742. The molecular weight excluding hydrogens is 420 g/mol. The van der Waals surface area contributed by atoms with E-state index in [2.05, 4.69) is 5.32 Å². The number of amides is 1. The largest absolute Gasteiger partial charge is 0.469 e. The standard InChI is InChI=1S/C26H20N2O5/c29-20-15-16(21-8-3-11-31-21)14-18-24(20)25(22-9-4-12-32-22)28(26(30)23-10-5-13-33-23)19-7-2-1-6-17(19)27-18/h1-13,16,25,27H,14-15H2/t16-,25+/m1/s1. The first-order valence-electron chi connectivity index (χ1n) is 10.8. The topological polar surface area (TPSA) is 88.8 Å². The van der Waals surface area contributed by atoms with Crippen LogP contribution in [0.15, 0.2) is 104 Å². The number of benzene rings is 1. The van der Waals surface area contributed by atoms with Crippen molar-refractivity contribution in [3.63, 3.8) is 0 Å². The molecule has 1 amide bonds. The Bertz CT molecular complexity index is 1330. The van der Waals surface area contributed by atoms with Crippen molar-refractivity contribution in [2.24, 2.45) is 0 Å². The lowest BCUT2D eigenvalue weighted by molar-refractivity contribution is -0.116. The SMILES string of the molecule is O=C1C[C@H](c2ccco2)CC2=C1[C@H](c1ccco1)N(C(=O)c1ccco1)c1ccccc1N2. The summed E-state index contributed by atoms with van der Waals surface area (Å²) in [6.45, 7) is 0. The summed E-state index contributed by atoms with van der Waals surface area (Å²) in [6, 6.07) is 17.3. The molecule has 4 aromatic rings. The summed E-state index contributed by atoms with van der Waals surface area (Å²) in [7, 11) is 0. The summed E-state index contributed by atoms with van der Waals surface area (Å²) in [5, 5.41) is 3.46. The van der Waals surface area contributed by atoms with Gasteiger partial charge < -0.3 is 18.6 Å². The number of fused-ring (bicyclic) bond motifs is 1. The van der Waals surface area contributed by atoms with Crippen LogP contribution < -0.4 is 10.2 Å². The molecule has 0 bridgehead atoms.